The van der Waals surface area contributed by atoms with Gasteiger partial charge in [-0.05, 0) is 29.7 Å². The average molecular weight is 390 g/mol. The Bertz CT molecular complexity index is 745. The molecule has 0 bridgehead atoms. The zero-order chi connectivity index (χ0) is 20.0. The van der Waals surface area contributed by atoms with Crippen molar-refractivity contribution in [3.8, 4) is 11.5 Å². The monoisotopic (exact) mass is 390 g/mol. The topological polar surface area (TPSA) is 83.5 Å². The van der Waals surface area contributed by atoms with Crippen LogP contribution in [0.2, 0.25) is 0 Å². The minimum Gasteiger partial charge on any atom is -0.491 e. The third kappa shape index (κ3) is 7.56. The number of carbonyl (C=O) groups excluding carboxylic acids is 1. The summed E-state index contributed by atoms with van der Waals surface area (Å²) in [5, 5.41) is 10.9. The van der Waals surface area contributed by atoms with Crippen molar-refractivity contribution < 1.29 is 33.6 Å². The van der Waals surface area contributed by atoms with Crippen molar-refractivity contribution in [2.24, 2.45) is 0 Å². The van der Waals surface area contributed by atoms with Gasteiger partial charge in [-0.25, -0.2) is 4.79 Å². The maximum absolute atomic E-state index is 10.8. The van der Waals surface area contributed by atoms with E-state index in [1.54, 1.807) is 0 Å². The lowest BCUT2D eigenvalue weighted by molar-refractivity contribution is -0.139. The first kappa shape index (κ1) is 21.7. The van der Waals surface area contributed by atoms with Gasteiger partial charge < -0.3 is 28.8 Å². The van der Waals surface area contributed by atoms with E-state index in [-0.39, 0.29) is 19.8 Å². The summed E-state index contributed by atoms with van der Waals surface area (Å²) in [6, 6.07) is 11.5. The minimum absolute atomic E-state index is 0.0224. The molecule has 0 aliphatic heterocycles. The molecule has 0 unspecified atom stereocenters. The number of aliphatic hydroxyl groups excluding tert-OH is 1. The number of carbonyl (C=O) groups is 1. The van der Waals surface area contributed by atoms with Crippen molar-refractivity contribution in [3.05, 3.63) is 49.1 Å². The summed E-state index contributed by atoms with van der Waals surface area (Å²) >= 11 is 0. The van der Waals surface area contributed by atoms with E-state index in [1.165, 1.54) is 0 Å². The number of hydrogen-bond acceptors (Lipinski definition) is 7. The lowest BCUT2D eigenvalue weighted by Crippen LogP contribution is -2.13. The highest BCUT2D eigenvalue weighted by atomic mass is 16.6. The molecule has 0 aliphatic rings. The maximum Gasteiger partial charge on any atom is 0.330 e. The maximum atomic E-state index is 10.8. The Morgan fingerprint density at radius 2 is 1.68 bits per heavy atom. The largest absolute Gasteiger partial charge is 0.491 e. The molecular formula is C21H26O7. The minimum atomic E-state index is -0.459. The van der Waals surface area contributed by atoms with Crippen molar-refractivity contribution in [3.63, 3.8) is 0 Å². The third-order valence-electron chi connectivity index (χ3n) is 3.67. The molecule has 0 saturated carbocycles. The van der Waals surface area contributed by atoms with Gasteiger partial charge in [-0.15, -0.1) is 0 Å². The second-order valence-electron chi connectivity index (χ2n) is 5.66. The van der Waals surface area contributed by atoms with Crippen molar-refractivity contribution in [1.82, 2.24) is 0 Å². The van der Waals surface area contributed by atoms with Gasteiger partial charge in [0.15, 0.2) is 0 Å². The van der Waals surface area contributed by atoms with E-state index >= 15 is 0 Å². The Balaban J connectivity index is 1.62. The predicted octanol–water partition coefficient (Wildman–Crippen LogP) is 2.35. The molecule has 0 spiro atoms. The Morgan fingerprint density at radius 3 is 2.43 bits per heavy atom. The molecule has 2 aromatic carbocycles. The molecule has 7 nitrogen and oxygen atoms in total. The SMILES string of the molecule is C=CC(=O)OCCOCCOCCOc1ccc2c(OCCO)cccc2c1. The lowest BCUT2D eigenvalue weighted by Gasteiger charge is -2.11. The Morgan fingerprint density at radius 1 is 0.929 bits per heavy atom. The van der Waals surface area contributed by atoms with Gasteiger partial charge in [0.2, 0.25) is 0 Å². The molecule has 0 aromatic heterocycles. The van der Waals surface area contributed by atoms with Crippen LogP contribution in [0.15, 0.2) is 49.1 Å². The average Bonchev–Trinajstić information content (AvgIpc) is 2.73. The van der Waals surface area contributed by atoms with Crippen LogP contribution in [-0.4, -0.2) is 63.9 Å². The van der Waals surface area contributed by atoms with Gasteiger partial charge in [-0.3, -0.25) is 0 Å². The molecule has 2 aromatic rings. The van der Waals surface area contributed by atoms with Crippen molar-refractivity contribution >= 4 is 16.7 Å². The first-order valence-corrected chi connectivity index (χ1v) is 9.08. The van der Waals surface area contributed by atoms with Crippen molar-refractivity contribution in [2.45, 2.75) is 0 Å². The lowest BCUT2D eigenvalue weighted by atomic mass is 10.1. The molecule has 1 N–H and O–H groups in total. The zero-order valence-corrected chi connectivity index (χ0v) is 15.8. The number of rotatable bonds is 14. The molecule has 0 saturated heterocycles. The van der Waals surface area contributed by atoms with Gasteiger partial charge in [0.1, 0.15) is 31.3 Å². The summed E-state index contributed by atoms with van der Waals surface area (Å²) in [5.41, 5.74) is 0. The number of ether oxygens (including phenoxy) is 5. The van der Waals surface area contributed by atoms with Gasteiger partial charge in [-0.1, -0.05) is 18.7 Å². The van der Waals surface area contributed by atoms with Crippen molar-refractivity contribution in [1.29, 1.82) is 0 Å². The highest BCUT2D eigenvalue weighted by Gasteiger charge is 2.04. The highest BCUT2D eigenvalue weighted by molar-refractivity contribution is 5.89. The Hall–Kier alpha value is -2.61. The fourth-order valence-electron chi connectivity index (χ4n) is 2.40. The van der Waals surface area contributed by atoms with Gasteiger partial charge in [0.05, 0.1) is 33.0 Å². The second kappa shape index (κ2) is 12.7. The molecule has 0 fully saturated rings. The summed E-state index contributed by atoms with van der Waals surface area (Å²) in [6.45, 7) is 5.77. The molecule has 7 heteroatoms. The molecular weight excluding hydrogens is 364 g/mol. The van der Waals surface area contributed by atoms with Gasteiger partial charge in [0.25, 0.3) is 0 Å². The molecule has 0 radical (unpaired) electrons. The van der Waals surface area contributed by atoms with Crippen LogP contribution in [0.3, 0.4) is 0 Å². The van der Waals surface area contributed by atoms with Gasteiger partial charge in [0, 0.05) is 11.5 Å². The fourth-order valence-corrected chi connectivity index (χ4v) is 2.40. The van der Waals surface area contributed by atoms with Crippen molar-refractivity contribution in [2.75, 3.05) is 52.9 Å². The van der Waals surface area contributed by atoms with Gasteiger partial charge in [-0.2, -0.15) is 0 Å². The van der Waals surface area contributed by atoms with Crippen LogP contribution < -0.4 is 9.47 Å². The Labute approximate surface area is 164 Å². The molecule has 28 heavy (non-hydrogen) atoms. The van der Waals surface area contributed by atoms with Crippen LogP contribution in [0.1, 0.15) is 0 Å². The van der Waals surface area contributed by atoms with Crippen LogP contribution in [0.4, 0.5) is 0 Å². The smallest absolute Gasteiger partial charge is 0.330 e. The van der Waals surface area contributed by atoms with Crippen LogP contribution >= 0.6 is 0 Å². The van der Waals surface area contributed by atoms with Crippen LogP contribution in [-0.2, 0) is 19.0 Å². The molecule has 0 aliphatic carbocycles. The van der Waals surface area contributed by atoms with E-state index in [9.17, 15) is 4.79 Å². The van der Waals surface area contributed by atoms with E-state index in [2.05, 4.69) is 6.58 Å². The number of benzene rings is 2. The molecule has 0 heterocycles. The first-order chi connectivity index (χ1) is 13.7. The summed E-state index contributed by atoms with van der Waals surface area (Å²) in [6.07, 6.45) is 1.11. The van der Waals surface area contributed by atoms with E-state index in [4.69, 9.17) is 28.8 Å². The molecule has 0 atom stereocenters. The van der Waals surface area contributed by atoms with E-state index in [0.717, 1.165) is 28.3 Å². The summed E-state index contributed by atoms with van der Waals surface area (Å²) in [4.78, 5) is 10.8. The molecule has 0 amide bonds. The highest BCUT2D eigenvalue weighted by Crippen LogP contribution is 2.28. The summed E-state index contributed by atoms with van der Waals surface area (Å²) in [7, 11) is 0. The summed E-state index contributed by atoms with van der Waals surface area (Å²) < 4.78 is 26.7. The third-order valence-corrected chi connectivity index (χ3v) is 3.67. The quantitative estimate of drug-likeness (QED) is 0.301. The number of fused-ring (bicyclic) bond motifs is 1. The second-order valence-corrected chi connectivity index (χ2v) is 5.66. The number of hydrogen-bond donors (Lipinski definition) is 1. The summed E-state index contributed by atoms with van der Waals surface area (Å²) in [5.74, 6) is 1.02. The van der Waals surface area contributed by atoms with Crippen LogP contribution in [0, 0.1) is 0 Å². The normalized spacial score (nSPS) is 10.6. The Kier molecular flexibility index (Phi) is 9.85. The molecule has 2 rings (SSSR count). The standard InChI is InChI=1S/C21H26O7/c1-2-21(23)28-15-13-25-11-10-24-12-14-26-18-6-7-19-17(16-18)4-3-5-20(19)27-9-8-22/h2-7,16,22H,1,8-15H2. The zero-order valence-electron chi connectivity index (χ0n) is 15.8. The first-order valence-electron chi connectivity index (χ1n) is 9.08. The van der Waals surface area contributed by atoms with Gasteiger partial charge >= 0.3 is 5.97 Å². The van der Waals surface area contributed by atoms with Crippen LogP contribution in [0.5, 0.6) is 11.5 Å². The predicted molar refractivity (Wildman–Crippen MR) is 105 cm³/mol. The number of aliphatic hydroxyl groups is 1. The fraction of sp³-hybridized carbons (Fsp3) is 0.381. The van der Waals surface area contributed by atoms with E-state index < -0.39 is 5.97 Å². The van der Waals surface area contributed by atoms with E-state index in [1.807, 2.05) is 36.4 Å². The van der Waals surface area contributed by atoms with E-state index in [0.29, 0.717) is 33.0 Å². The number of esters is 1. The van der Waals surface area contributed by atoms with Crippen LogP contribution in [0.25, 0.3) is 10.8 Å². The molecule has 152 valence electrons.